The Morgan fingerprint density at radius 2 is 2.22 bits per heavy atom. The van der Waals surface area contributed by atoms with Crippen molar-refractivity contribution < 1.29 is 0 Å². The minimum absolute atomic E-state index is 0.336. The number of nitrogen functional groups attached to an aromatic ring is 1. The van der Waals surface area contributed by atoms with Gasteiger partial charge in [0.25, 0.3) is 0 Å². The van der Waals surface area contributed by atoms with Crippen LogP contribution >= 0.6 is 0 Å². The lowest BCUT2D eigenvalue weighted by molar-refractivity contribution is 0.527. The van der Waals surface area contributed by atoms with Gasteiger partial charge in [-0.25, -0.2) is 15.0 Å². The van der Waals surface area contributed by atoms with E-state index in [9.17, 15) is 0 Å². The topological polar surface area (TPSA) is 105 Å². The largest absolute Gasteiger partial charge is 0.368 e. The van der Waals surface area contributed by atoms with Crippen molar-refractivity contribution in [3.63, 3.8) is 0 Å². The van der Waals surface area contributed by atoms with Gasteiger partial charge in [-0.2, -0.15) is 0 Å². The summed E-state index contributed by atoms with van der Waals surface area (Å²) in [5.41, 5.74) is 14.3. The van der Waals surface area contributed by atoms with Gasteiger partial charge in [0.05, 0.1) is 11.4 Å². The van der Waals surface area contributed by atoms with Crippen molar-refractivity contribution in [2.75, 3.05) is 32.4 Å². The first kappa shape index (κ1) is 15.7. The summed E-state index contributed by atoms with van der Waals surface area (Å²) in [7, 11) is 2.02. The summed E-state index contributed by atoms with van der Waals surface area (Å²) in [5.74, 6) is 1.94. The summed E-state index contributed by atoms with van der Waals surface area (Å²) in [6.45, 7) is 2.29. The van der Waals surface area contributed by atoms with Crippen LogP contribution in [-0.4, -0.2) is 47.5 Å². The Labute approximate surface area is 136 Å². The normalized spacial score (nSPS) is 17.7. The van der Waals surface area contributed by atoms with E-state index in [1.807, 2.05) is 7.05 Å². The van der Waals surface area contributed by atoms with Gasteiger partial charge in [0, 0.05) is 31.9 Å². The third-order valence-electron chi connectivity index (χ3n) is 4.15. The van der Waals surface area contributed by atoms with E-state index in [-0.39, 0.29) is 0 Å². The summed E-state index contributed by atoms with van der Waals surface area (Å²) >= 11 is 0. The van der Waals surface area contributed by atoms with Crippen molar-refractivity contribution in [1.82, 2.24) is 20.2 Å². The zero-order valence-electron chi connectivity index (χ0n) is 13.6. The molecule has 5 N–H and O–H groups in total. The van der Waals surface area contributed by atoms with E-state index in [2.05, 4.69) is 26.3 Å². The molecule has 0 spiro atoms. The molecule has 1 aromatic rings. The van der Waals surface area contributed by atoms with Gasteiger partial charge in [-0.15, -0.1) is 0 Å². The van der Waals surface area contributed by atoms with Gasteiger partial charge in [-0.1, -0.05) is 0 Å². The summed E-state index contributed by atoms with van der Waals surface area (Å²) < 4.78 is 0. The number of guanidine groups is 1. The van der Waals surface area contributed by atoms with Crippen LogP contribution in [0.2, 0.25) is 0 Å². The molecule has 0 aromatic carbocycles. The van der Waals surface area contributed by atoms with Crippen LogP contribution in [0.4, 0.5) is 5.95 Å². The molecule has 1 aliphatic heterocycles. The molecule has 1 saturated carbocycles. The first-order chi connectivity index (χ1) is 11.2. The number of nitrogens with zero attached hydrogens (tertiary/aromatic N) is 4. The standard InChI is InChI=1S/C16H25N7/c1-23-8-5-13(22-16(23)19-7-2-6-17)12-10-20-15(18)21-14(12)9-11-3-4-11/h5,10-11H,2-4,6-9,17H2,1H3,(H,19,22)(H2,18,20,21). The lowest BCUT2D eigenvalue weighted by Crippen LogP contribution is -2.41. The molecule has 0 unspecified atom stereocenters. The minimum atomic E-state index is 0.336. The molecule has 2 heterocycles. The smallest absolute Gasteiger partial charge is 0.220 e. The van der Waals surface area contributed by atoms with Crippen molar-refractivity contribution in [3.8, 4) is 0 Å². The molecule has 7 heteroatoms. The van der Waals surface area contributed by atoms with Gasteiger partial charge >= 0.3 is 0 Å². The Balaban J connectivity index is 1.82. The third-order valence-corrected chi connectivity index (χ3v) is 4.15. The zero-order valence-corrected chi connectivity index (χ0v) is 13.6. The van der Waals surface area contributed by atoms with Crippen LogP contribution in [-0.2, 0) is 6.42 Å². The van der Waals surface area contributed by atoms with Crippen LogP contribution in [0.3, 0.4) is 0 Å². The van der Waals surface area contributed by atoms with Gasteiger partial charge in [-0.3, -0.25) is 0 Å². The maximum absolute atomic E-state index is 5.77. The highest BCUT2D eigenvalue weighted by atomic mass is 15.3. The Bertz CT molecular complexity index is 619. The lowest BCUT2D eigenvalue weighted by atomic mass is 10.1. The second-order valence-electron chi connectivity index (χ2n) is 6.21. The zero-order chi connectivity index (χ0) is 16.2. The molecule has 2 aliphatic rings. The van der Waals surface area contributed by atoms with Crippen LogP contribution in [0.15, 0.2) is 17.3 Å². The number of hydrogen-bond acceptors (Lipinski definition) is 7. The number of rotatable bonds is 6. The van der Waals surface area contributed by atoms with Crippen LogP contribution in [0.1, 0.15) is 30.5 Å². The van der Waals surface area contributed by atoms with Crippen LogP contribution < -0.4 is 16.8 Å². The highest BCUT2D eigenvalue weighted by molar-refractivity contribution is 5.88. The van der Waals surface area contributed by atoms with E-state index in [4.69, 9.17) is 16.5 Å². The molecule has 1 aliphatic carbocycles. The number of aliphatic imine (C=N–C) groups is 1. The Morgan fingerprint density at radius 1 is 1.39 bits per heavy atom. The average molecular weight is 315 g/mol. The summed E-state index contributed by atoms with van der Waals surface area (Å²) in [4.78, 5) is 15.5. The molecule has 0 bridgehead atoms. The quantitative estimate of drug-likeness (QED) is 0.664. The molecule has 1 fully saturated rings. The number of likely N-dealkylation sites (N-methyl/N-ethyl adjacent to an activating group) is 1. The van der Waals surface area contributed by atoms with Gasteiger partial charge in [0.2, 0.25) is 5.95 Å². The van der Waals surface area contributed by atoms with Crippen molar-refractivity contribution >= 4 is 17.6 Å². The van der Waals surface area contributed by atoms with Crippen molar-refractivity contribution in [1.29, 1.82) is 0 Å². The van der Waals surface area contributed by atoms with Crippen LogP contribution in [0.25, 0.3) is 5.70 Å². The Hall–Kier alpha value is -2.15. The number of anilines is 1. The Kier molecular flexibility index (Phi) is 4.76. The van der Waals surface area contributed by atoms with Gasteiger partial charge in [0.1, 0.15) is 0 Å². The molecule has 124 valence electrons. The number of nitrogens with one attached hydrogen (secondary N) is 1. The highest BCUT2D eigenvalue weighted by Crippen LogP contribution is 2.34. The summed E-state index contributed by atoms with van der Waals surface area (Å²) in [5, 5.41) is 3.35. The number of hydrogen-bond donors (Lipinski definition) is 3. The van der Waals surface area contributed by atoms with E-state index < -0.39 is 0 Å². The molecule has 3 rings (SSSR count). The van der Waals surface area contributed by atoms with E-state index in [0.717, 1.165) is 54.8 Å². The fourth-order valence-corrected chi connectivity index (χ4v) is 2.60. The molecular formula is C16H25N7. The van der Waals surface area contributed by atoms with E-state index in [1.54, 1.807) is 6.20 Å². The Morgan fingerprint density at radius 3 is 2.96 bits per heavy atom. The highest BCUT2D eigenvalue weighted by Gasteiger charge is 2.25. The monoisotopic (exact) mass is 315 g/mol. The predicted molar refractivity (Wildman–Crippen MR) is 92.6 cm³/mol. The second kappa shape index (κ2) is 6.95. The van der Waals surface area contributed by atoms with Gasteiger partial charge in [-0.05, 0) is 44.2 Å². The van der Waals surface area contributed by atoms with Gasteiger partial charge in [0.15, 0.2) is 5.96 Å². The first-order valence-electron chi connectivity index (χ1n) is 8.23. The molecule has 7 nitrogen and oxygen atoms in total. The molecule has 0 atom stereocenters. The average Bonchev–Trinajstić information content (AvgIpc) is 3.34. The van der Waals surface area contributed by atoms with E-state index in [0.29, 0.717) is 12.5 Å². The van der Waals surface area contributed by atoms with Crippen LogP contribution in [0.5, 0.6) is 0 Å². The molecule has 1 aromatic heterocycles. The summed E-state index contributed by atoms with van der Waals surface area (Å²) in [6.07, 6.45) is 8.35. The maximum atomic E-state index is 5.77. The predicted octanol–water partition coefficient (Wildman–Crippen LogP) is 0.592. The van der Waals surface area contributed by atoms with Crippen LogP contribution in [0, 0.1) is 5.92 Å². The maximum Gasteiger partial charge on any atom is 0.220 e. The van der Waals surface area contributed by atoms with Crippen molar-refractivity contribution in [2.45, 2.75) is 25.7 Å². The van der Waals surface area contributed by atoms with Crippen molar-refractivity contribution in [2.24, 2.45) is 16.6 Å². The fraction of sp³-hybridized carbons (Fsp3) is 0.562. The minimum Gasteiger partial charge on any atom is -0.368 e. The molecule has 0 saturated heterocycles. The molecule has 0 radical (unpaired) electrons. The second-order valence-corrected chi connectivity index (χ2v) is 6.21. The van der Waals surface area contributed by atoms with Crippen molar-refractivity contribution in [3.05, 3.63) is 23.5 Å². The molecular weight excluding hydrogens is 290 g/mol. The molecule has 0 amide bonds. The first-order valence-corrected chi connectivity index (χ1v) is 8.23. The molecule has 23 heavy (non-hydrogen) atoms. The van der Waals surface area contributed by atoms with Gasteiger partial charge < -0.3 is 21.7 Å². The van der Waals surface area contributed by atoms with E-state index in [1.165, 1.54) is 12.8 Å². The fourth-order valence-electron chi connectivity index (χ4n) is 2.60. The lowest BCUT2D eigenvalue weighted by Gasteiger charge is -2.25. The SMILES string of the molecule is CN1CC=C(c2cnc(N)nc2CC2CC2)N=C1NCCCN. The number of aromatic nitrogens is 2. The van der Waals surface area contributed by atoms with E-state index >= 15 is 0 Å². The third kappa shape index (κ3) is 3.98. The summed E-state index contributed by atoms with van der Waals surface area (Å²) in [6, 6.07) is 0. The number of nitrogens with two attached hydrogens (primary N) is 2.